The van der Waals surface area contributed by atoms with Crippen molar-refractivity contribution in [2.24, 2.45) is 5.92 Å². The minimum absolute atomic E-state index is 0.0146. The zero-order valence-corrected chi connectivity index (χ0v) is 17.4. The van der Waals surface area contributed by atoms with Crippen LogP contribution in [0.3, 0.4) is 0 Å². The Balaban J connectivity index is 2.19. The molecule has 6 nitrogen and oxygen atoms in total. The first kappa shape index (κ1) is 23.1. The number of alkyl halides is 3. The second-order valence-electron chi connectivity index (χ2n) is 8.44. The molecule has 1 aliphatic carbocycles. The third-order valence-corrected chi connectivity index (χ3v) is 5.24. The molecule has 1 amide bonds. The number of likely N-dealkylation sites (N-methyl/N-ethyl adjacent to an activating group) is 1. The van der Waals surface area contributed by atoms with Crippen molar-refractivity contribution in [1.29, 1.82) is 0 Å². The molecule has 5 N–H and O–H groups in total. The fraction of sp³-hybridized carbons (Fsp3) is 0.650. The largest absolute Gasteiger partial charge is 0.397 e. The average molecular weight is 416 g/mol. The molecule has 0 bridgehead atoms. The van der Waals surface area contributed by atoms with Crippen molar-refractivity contribution < 1.29 is 23.1 Å². The summed E-state index contributed by atoms with van der Waals surface area (Å²) in [6.45, 7) is 3.61. The lowest BCUT2D eigenvalue weighted by Crippen LogP contribution is -2.41. The van der Waals surface area contributed by atoms with E-state index in [9.17, 15) is 23.1 Å². The van der Waals surface area contributed by atoms with E-state index >= 15 is 0 Å². The first-order valence-corrected chi connectivity index (χ1v) is 9.74. The zero-order valence-electron chi connectivity index (χ0n) is 17.4. The lowest BCUT2D eigenvalue weighted by atomic mass is 9.85. The molecule has 2 rings (SSSR count). The summed E-state index contributed by atoms with van der Waals surface area (Å²) in [5.41, 5.74) is 6.98. The number of carbonyl (C=O) groups is 1. The molecule has 1 aromatic carbocycles. The molecule has 164 valence electrons. The normalized spacial score (nSPS) is 20.3. The van der Waals surface area contributed by atoms with Crippen LogP contribution in [-0.2, 0) is 0 Å². The van der Waals surface area contributed by atoms with Crippen LogP contribution in [-0.4, -0.2) is 49.5 Å². The number of nitrogens with zero attached hydrogens (tertiary/aromatic N) is 1. The standard InChI is InChI=1S/C20H31F3N4O2/c1-19(2,29)11-27(4)17-10-16(25-3)15(24)9-14(17)18(28)26-13-7-5-12(6-8-13)20(21,22)23/h9-10,12-13,25,29H,5-8,11,24H2,1-4H3,(H,26,28)/t12-,13-. The van der Waals surface area contributed by atoms with E-state index in [1.54, 1.807) is 45.0 Å². The summed E-state index contributed by atoms with van der Waals surface area (Å²) >= 11 is 0. The van der Waals surface area contributed by atoms with Crippen LogP contribution < -0.4 is 21.3 Å². The molecule has 0 heterocycles. The highest BCUT2D eigenvalue weighted by Gasteiger charge is 2.41. The fourth-order valence-corrected chi connectivity index (χ4v) is 3.81. The Hall–Kier alpha value is -2.16. The van der Waals surface area contributed by atoms with E-state index in [4.69, 9.17) is 5.73 Å². The van der Waals surface area contributed by atoms with Gasteiger partial charge < -0.3 is 26.4 Å². The summed E-state index contributed by atoms with van der Waals surface area (Å²) in [6.07, 6.45) is -3.58. The minimum Gasteiger partial charge on any atom is -0.397 e. The van der Waals surface area contributed by atoms with Gasteiger partial charge in [0.1, 0.15) is 0 Å². The Morgan fingerprint density at radius 3 is 2.31 bits per heavy atom. The monoisotopic (exact) mass is 416 g/mol. The zero-order chi connectivity index (χ0) is 22.0. The highest BCUT2D eigenvalue weighted by Crippen LogP contribution is 2.38. The van der Waals surface area contributed by atoms with Gasteiger partial charge in [0.15, 0.2) is 0 Å². The highest BCUT2D eigenvalue weighted by atomic mass is 19.4. The van der Waals surface area contributed by atoms with Crippen LogP contribution in [0.5, 0.6) is 0 Å². The number of anilines is 3. The Labute approximate surface area is 169 Å². The van der Waals surface area contributed by atoms with Crippen molar-refractivity contribution in [2.75, 3.05) is 36.6 Å². The topological polar surface area (TPSA) is 90.6 Å². The van der Waals surface area contributed by atoms with Gasteiger partial charge in [-0.3, -0.25) is 4.79 Å². The molecule has 0 aliphatic heterocycles. The molecule has 1 saturated carbocycles. The van der Waals surface area contributed by atoms with Crippen molar-refractivity contribution in [3.05, 3.63) is 17.7 Å². The summed E-state index contributed by atoms with van der Waals surface area (Å²) in [6, 6.07) is 2.98. The number of nitrogens with one attached hydrogen (secondary N) is 2. The minimum atomic E-state index is -4.18. The summed E-state index contributed by atoms with van der Waals surface area (Å²) < 4.78 is 38.6. The van der Waals surface area contributed by atoms with E-state index in [0.717, 1.165) is 0 Å². The maximum absolute atomic E-state index is 12.9. The molecule has 0 unspecified atom stereocenters. The van der Waals surface area contributed by atoms with E-state index in [0.29, 0.717) is 22.6 Å². The van der Waals surface area contributed by atoms with Crippen molar-refractivity contribution in [3.8, 4) is 0 Å². The molecular weight excluding hydrogens is 385 g/mol. The number of nitrogens with two attached hydrogens (primary N) is 1. The van der Waals surface area contributed by atoms with E-state index in [1.807, 2.05) is 0 Å². The summed E-state index contributed by atoms with van der Waals surface area (Å²) in [5.74, 6) is -1.68. The number of hydrogen-bond donors (Lipinski definition) is 4. The number of hydrogen-bond acceptors (Lipinski definition) is 5. The van der Waals surface area contributed by atoms with Gasteiger partial charge >= 0.3 is 6.18 Å². The van der Waals surface area contributed by atoms with Crippen LogP contribution in [0.2, 0.25) is 0 Å². The van der Waals surface area contributed by atoms with Gasteiger partial charge in [-0.2, -0.15) is 13.2 Å². The van der Waals surface area contributed by atoms with E-state index in [2.05, 4.69) is 10.6 Å². The quantitative estimate of drug-likeness (QED) is 0.534. The summed E-state index contributed by atoms with van der Waals surface area (Å²) in [7, 11) is 3.47. The predicted octanol–water partition coefficient (Wildman–Crippen LogP) is 3.37. The number of carbonyl (C=O) groups excluding carboxylic acids is 1. The first-order valence-electron chi connectivity index (χ1n) is 9.74. The van der Waals surface area contributed by atoms with Gasteiger partial charge in [-0.25, -0.2) is 0 Å². The van der Waals surface area contributed by atoms with Gasteiger partial charge in [0.05, 0.1) is 34.1 Å². The van der Waals surface area contributed by atoms with Gasteiger partial charge in [-0.1, -0.05) is 0 Å². The van der Waals surface area contributed by atoms with E-state index < -0.39 is 17.7 Å². The number of aliphatic hydroxyl groups is 1. The molecule has 29 heavy (non-hydrogen) atoms. The molecule has 1 fully saturated rings. The molecular formula is C20H31F3N4O2. The van der Waals surface area contributed by atoms with Gasteiger partial charge in [-0.05, 0) is 51.7 Å². The van der Waals surface area contributed by atoms with Crippen molar-refractivity contribution >= 4 is 23.0 Å². The van der Waals surface area contributed by atoms with Gasteiger partial charge in [-0.15, -0.1) is 0 Å². The second-order valence-corrected chi connectivity index (χ2v) is 8.44. The van der Waals surface area contributed by atoms with Crippen LogP contribution in [0.1, 0.15) is 49.9 Å². The molecule has 0 aromatic heterocycles. The van der Waals surface area contributed by atoms with Crippen molar-refractivity contribution in [2.45, 2.75) is 57.3 Å². The van der Waals surface area contributed by atoms with Gasteiger partial charge in [0.25, 0.3) is 5.91 Å². The van der Waals surface area contributed by atoms with E-state index in [1.165, 1.54) is 0 Å². The summed E-state index contributed by atoms with van der Waals surface area (Å²) in [5, 5.41) is 16.0. The summed E-state index contributed by atoms with van der Waals surface area (Å²) in [4.78, 5) is 14.7. The van der Waals surface area contributed by atoms with Crippen LogP contribution in [0.4, 0.5) is 30.2 Å². The average Bonchev–Trinajstić information content (AvgIpc) is 2.59. The fourth-order valence-electron chi connectivity index (χ4n) is 3.81. The molecule has 0 saturated heterocycles. The number of nitrogen functional groups attached to an aromatic ring is 1. The van der Waals surface area contributed by atoms with Gasteiger partial charge in [0, 0.05) is 26.7 Å². The Morgan fingerprint density at radius 2 is 1.83 bits per heavy atom. The lowest BCUT2D eigenvalue weighted by Gasteiger charge is -2.32. The third-order valence-electron chi connectivity index (χ3n) is 5.24. The first-order chi connectivity index (χ1) is 13.3. The second kappa shape index (κ2) is 8.69. The maximum Gasteiger partial charge on any atom is 0.391 e. The van der Waals surface area contributed by atoms with Crippen LogP contribution in [0, 0.1) is 5.92 Å². The highest BCUT2D eigenvalue weighted by molar-refractivity contribution is 6.02. The van der Waals surface area contributed by atoms with Crippen LogP contribution >= 0.6 is 0 Å². The third kappa shape index (κ3) is 6.16. The number of halogens is 3. The lowest BCUT2D eigenvalue weighted by molar-refractivity contribution is -0.182. The Kier molecular flexibility index (Phi) is 6.93. The SMILES string of the molecule is CNc1cc(N(C)CC(C)(C)O)c(C(=O)N[C@H]2CC[C@H](C(F)(F)F)CC2)cc1N. The Morgan fingerprint density at radius 1 is 1.24 bits per heavy atom. The van der Waals surface area contributed by atoms with E-state index in [-0.39, 0.29) is 44.2 Å². The molecule has 1 aromatic rings. The van der Waals surface area contributed by atoms with Gasteiger partial charge in [0.2, 0.25) is 0 Å². The molecule has 9 heteroatoms. The molecule has 0 spiro atoms. The van der Waals surface area contributed by atoms with Crippen LogP contribution in [0.25, 0.3) is 0 Å². The van der Waals surface area contributed by atoms with Crippen molar-refractivity contribution in [3.63, 3.8) is 0 Å². The maximum atomic E-state index is 12.9. The van der Waals surface area contributed by atoms with Crippen LogP contribution in [0.15, 0.2) is 12.1 Å². The van der Waals surface area contributed by atoms with Crippen molar-refractivity contribution in [1.82, 2.24) is 5.32 Å². The smallest absolute Gasteiger partial charge is 0.391 e. The number of benzene rings is 1. The number of amides is 1. The Bertz CT molecular complexity index is 724. The number of rotatable bonds is 6. The molecule has 0 atom stereocenters. The predicted molar refractivity (Wildman–Crippen MR) is 109 cm³/mol. The molecule has 0 radical (unpaired) electrons. The molecule has 1 aliphatic rings.